The first-order valence-electron chi connectivity index (χ1n) is 6.19. The molecule has 1 heterocycles. The number of nitrogens with zero attached hydrogens (tertiary/aromatic N) is 1. The lowest BCUT2D eigenvalue weighted by Gasteiger charge is -2.20. The standard InChI is InChI=1S/C11H22N2O4S/c1-8(2)13-5-4-10(7-13)6-12-18(16,17)9(3)11(14)15/h8-10,12H,4-7H2,1-3H3,(H,14,15). The van der Waals surface area contributed by atoms with E-state index in [1.807, 2.05) is 0 Å². The zero-order valence-electron chi connectivity index (χ0n) is 11.1. The molecular weight excluding hydrogens is 256 g/mol. The van der Waals surface area contributed by atoms with Crippen molar-refractivity contribution in [2.75, 3.05) is 19.6 Å². The van der Waals surface area contributed by atoms with Crippen molar-refractivity contribution >= 4 is 16.0 Å². The van der Waals surface area contributed by atoms with Crippen molar-refractivity contribution in [3.05, 3.63) is 0 Å². The first-order chi connectivity index (χ1) is 8.24. The van der Waals surface area contributed by atoms with Crippen LogP contribution in [0.25, 0.3) is 0 Å². The molecule has 0 bridgehead atoms. The molecule has 0 amide bonds. The van der Waals surface area contributed by atoms with Gasteiger partial charge in [0.2, 0.25) is 10.0 Å². The summed E-state index contributed by atoms with van der Waals surface area (Å²) in [5, 5.41) is 7.29. The number of carboxylic acid groups (broad SMARTS) is 1. The van der Waals surface area contributed by atoms with E-state index < -0.39 is 21.2 Å². The number of carbonyl (C=O) groups is 1. The maximum atomic E-state index is 11.6. The predicted octanol–water partition coefficient (Wildman–Crippen LogP) is 0.109. The van der Waals surface area contributed by atoms with E-state index in [0.717, 1.165) is 19.5 Å². The molecule has 0 aromatic heterocycles. The van der Waals surface area contributed by atoms with Gasteiger partial charge in [-0.1, -0.05) is 0 Å². The van der Waals surface area contributed by atoms with E-state index in [1.165, 1.54) is 6.92 Å². The van der Waals surface area contributed by atoms with Crippen LogP contribution in [-0.2, 0) is 14.8 Å². The first kappa shape index (κ1) is 15.4. The third kappa shape index (κ3) is 3.93. The Morgan fingerprint density at radius 1 is 1.44 bits per heavy atom. The summed E-state index contributed by atoms with van der Waals surface area (Å²) in [5.41, 5.74) is 0. The fourth-order valence-corrected chi connectivity index (χ4v) is 2.97. The fourth-order valence-electron chi connectivity index (χ4n) is 1.99. The molecule has 18 heavy (non-hydrogen) atoms. The molecule has 1 aliphatic rings. The smallest absolute Gasteiger partial charge is 0.323 e. The summed E-state index contributed by atoms with van der Waals surface area (Å²) in [6.45, 7) is 7.56. The summed E-state index contributed by atoms with van der Waals surface area (Å²) in [5.74, 6) is -1.05. The Balaban J connectivity index is 2.45. The summed E-state index contributed by atoms with van der Waals surface area (Å²) in [7, 11) is -3.75. The van der Waals surface area contributed by atoms with Gasteiger partial charge in [-0.15, -0.1) is 0 Å². The highest BCUT2D eigenvalue weighted by atomic mass is 32.2. The van der Waals surface area contributed by atoms with E-state index in [2.05, 4.69) is 23.5 Å². The maximum Gasteiger partial charge on any atom is 0.323 e. The van der Waals surface area contributed by atoms with Gasteiger partial charge in [0.15, 0.2) is 5.25 Å². The van der Waals surface area contributed by atoms with Crippen LogP contribution in [0.2, 0.25) is 0 Å². The van der Waals surface area contributed by atoms with Crippen LogP contribution in [-0.4, -0.2) is 55.3 Å². The van der Waals surface area contributed by atoms with Gasteiger partial charge in [0.1, 0.15) is 0 Å². The van der Waals surface area contributed by atoms with Crippen molar-refractivity contribution in [1.82, 2.24) is 9.62 Å². The molecule has 0 aliphatic carbocycles. The quantitative estimate of drug-likeness (QED) is 0.720. The van der Waals surface area contributed by atoms with E-state index in [9.17, 15) is 13.2 Å². The number of rotatable bonds is 6. The Morgan fingerprint density at radius 3 is 2.50 bits per heavy atom. The maximum absolute atomic E-state index is 11.6. The average molecular weight is 278 g/mol. The summed E-state index contributed by atoms with van der Waals surface area (Å²) < 4.78 is 25.7. The average Bonchev–Trinajstić information content (AvgIpc) is 2.74. The molecular formula is C11H22N2O4S. The van der Waals surface area contributed by atoms with E-state index in [0.29, 0.717) is 12.6 Å². The molecule has 1 rings (SSSR count). The normalized spacial score (nSPS) is 23.4. The van der Waals surface area contributed by atoms with E-state index >= 15 is 0 Å². The molecule has 0 radical (unpaired) electrons. The zero-order chi connectivity index (χ0) is 13.9. The highest BCUT2D eigenvalue weighted by Gasteiger charge is 2.30. The number of nitrogens with one attached hydrogen (secondary N) is 1. The minimum Gasteiger partial charge on any atom is -0.480 e. The van der Waals surface area contributed by atoms with Gasteiger partial charge in [-0.05, 0) is 39.7 Å². The number of sulfonamides is 1. The molecule has 7 heteroatoms. The molecule has 2 atom stereocenters. The lowest BCUT2D eigenvalue weighted by Crippen LogP contribution is -2.40. The second-order valence-corrected chi connectivity index (χ2v) is 7.20. The summed E-state index contributed by atoms with van der Waals surface area (Å²) in [6, 6.07) is 0.463. The largest absolute Gasteiger partial charge is 0.480 e. The summed E-state index contributed by atoms with van der Waals surface area (Å²) in [4.78, 5) is 12.9. The number of hydrogen-bond donors (Lipinski definition) is 2. The summed E-state index contributed by atoms with van der Waals surface area (Å²) in [6.07, 6.45) is 0.947. The van der Waals surface area contributed by atoms with E-state index in [4.69, 9.17) is 5.11 Å². The highest BCUT2D eigenvalue weighted by Crippen LogP contribution is 2.18. The monoisotopic (exact) mass is 278 g/mol. The summed E-state index contributed by atoms with van der Waals surface area (Å²) >= 11 is 0. The lowest BCUT2D eigenvalue weighted by atomic mass is 10.1. The van der Waals surface area contributed by atoms with Crippen molar-refractivity contribution in [2.24, 2.45) is 5.92 Å². The minimum absolute atomic E-state index is 0.267. The third-order valence-electron chi connectivity index (χ3n) is 3.43. The van der Waals surface area contributed by atoms with Gasteiger partial charge in [-0.3, -0.25) is 4.79 Å². The van der Waals surface area contributed by atoms with Crippen LogP contribution in [0.15, 0.2) is 0 Å². The molecule has 0 aromatic carbocycles. The van der Waals surface area contributed by atoms with Gasteiger partial charge in [0.05, 0.1) is 0 Å². The third-order valence-corrected chi connectivity index (χ3v) is 5.14. The lowest BCUT2D eigenvalue weighted by molar-refractivity contribution is -0.136. The Hall–Kier alpha value is -0.660. The highest BCUT2D eigenvalue weighted by molar-refractivity contribution is 7.90. The van der Waals surface area contributed by atoms with Gasteiger partial charge < -0.3 is 10.0 Å². The van der Waals surface area contributed by atoms with Crippen molar-refractivity contribution in [2.45, 2.75) is 38.5 Å². The Labute approximate surface area is 108 Å². The number of likely N-dealkylation sites (tertiary alicyclic amines) is 1. The molecule has 6 nitrogen and oxygen atoms in total. The van der Waals surface area contributed by atoms with Crippen LogP contribution in [0, 0.1) is 5.92 Å². The van der Waals surface area contributed by atoms with E-state index in [-0.39, 0.29) is 5.92 Å². The molecule has 2 N–H and O–H groups in total. The van der Waals surface area contributed by atoms with Crippen LogP contribution in [0.5, 0.6) is 0 Å². The van der Waals surface area contributed by atoms with Crippen molar-refractivity contribution < 1.29 is 18.3 Å². The number of carboxylic acids is 1. The van der Waals surface area contributed by atoms with Gasteiger partial charge >= 0.3 is 5.97 Å². The zero-order valence-corrected chi connectivity index (χ0v) is 11.9. The molecule has 1 aliphatic heterocycles. The Morgan fingerprint density at radius 2 is 2.06 bits per heavy atom. The van der Waals surface area contributed by atoms with Crippen LogP contribution in [0.4, 0.5) is 0 Å². The van der Waals surface area contributed by atoms with Crippen LogP contribution in [0.1, 0.15) is 27.2 Å². The molecule has 1 fully saturated rings. The minimum atomic E-state index is -3.75. The molecule has 0 spiro atoms. The molecule has 2 unspecified atom stereocenters. The fraction of sp³-hybridized carbons (Fsp3) is 0.909. The van der Waals surface area contributed by atoms with Crippen LogP contribution in [0.3, 0.4) is 0 Å². The van der Waals surface area contributed by atoms with Gasteiger partial charge in [0.25, 0.3) is 0 Å². The molecule has 1 saturated heterocycles. The van der Waals surface area contributed by atoms with Crippen molar-refractivity contribution in [1.29, 1.82) is 0 Å². The van der Waals surface area contributed by atoms with Gasteiger partial charge in [-0.2, -0.15) is 0 Å². The number of aliphatic carboxylic acids is 1. The van der Waals surface area contributed by atoms with E-state index in [1.54, 1.807) is 0 Å². The molecule has 0 aromatic rings. The Bertz CT molecular complexity index is 394. The number of hydrogen-bond acceptors (Lipinski definition) is 4. The Kier molecular flexibility index (Phi) is 5.12. The van der Waals surface area contributed by atoms with Crippen molar-refractivity contribution in [3.63, 3.8) is 0 Å². The SMILES string of the molecule is CC(C)N1CCC(CNS(=O)(=O)C(C)C(=O)O)C1. The first-order valence-corrected chi connectivity index (χ1v) is 7.74. The second-order valence-electron chi connectivity index (χ2n) is 5.12. The van der Waals surface area contributed by atoms with Crippen LogP contribution < -0.4 is 4.72 Å². The van der Waals surface area contributed by atoms with Gasteiger partial charge in [-0.25, -0.2) is 13.1 Å². The van der Waals surface area contributed by atoms with Crippen LogP contribution >= 0.6 is 0 Å². The topological polar surface area (TPSA) is 86.7 Å². The molecule has 0 saturated carbocycles. The second kappa shape index (κ2) is 5.99. The predicted molar refractivity (Wildman–Crippen MR) is 68.8 cm³/mol. The molecule has 106 valence electrons. The van der Waals surface area contributed by atoms with Gasteiger partial charge in [0, 0.05) is 19.1 Å². The van der Waals surface area contributed by atoms with Crippen molar-refractivity contribution in [3.8, 4) is 0 Å².